The van der Waals surface area contributed by atoms with Crippen molar-refractivity contribution in [2.75, 3.05) is 0 Å². The summed E-state index contributed by atoms with van der Waals surface area (Å²) in [6.07, 6.45) is 0. The van der Waals surface area contributed by atoms with Crippen molar-refractivity contribution < 1.29 is 0 Å². The summed E-state index contributed by atoms with van der Waals surface area (Å²) in [5.74, 6) is 0.636. The van der Waals surface area contributed by atoms with Gasteiger partial charge < -0.3 is 0 Å². The molecule has 5 nitrogen and oxygen atoms in total. The van der Waals surface area contributed by atoms with Crippen LogP contribution in [0.5, 0.6) is 0 Å². The van der Waals surface area contributed by atoms with E-state index in [0.717, 1.165) is 16.8 Å². The van der Waals surface area contributed by atoms with E-state index >= 15 is 0 Å². The molecule has 0 bridgehead atoms. The molecule has 0 aliphatic rings. The van der Waals surface area contributed by atoms with Crippen molar-refractivity contribution in [1.29, 1.82) is 0 Å². The Morgan fingerprint density at radius 1 is 1.12 bits per heavy atom. The van der Waals surface area contributed by atoms with E-state index in [-0.39, 0.29) is 0 Å². The Morgan fingerprint density at radius 3 is 2.47 bits per heavy atom. The van der Waals surface area contributed by atoms with E-state index in [4.69, 9.17) is 0 Å². The smallest absolute Gasteiger partial charge is 0.204 e. The molecule has 0 fully saturated rings. The van der Waals surface area contributed by atoms with Crippen molar-refractivity contribution in [1.82, 2.24) is 25.2 Å². The molecule has 84 valence electrons. The van der Waals surface area contributed by atoms with E-state index in [1.165, 1.54) is 4.80 Å². The Morgan fingerprint density at radius 2 is 1.88 bits per heavy atom. The lowest BCUT2D eigenvalue weighted by atomic mass is 10.1. The van der Waals surface area contributed by atoms with E-state index in [1.807, 2.05) is 35.2 Å². The lowest BCUT2D eigenvalue weighted by Gasteiger charge is -1.98. The number of hydrogen-bond acceptors (Lipinski definition) is 5. The molecule has 0 aliphatic carbocycles. The average Bonchev–Trinajstić information content (AvgIpc) is 3.00. The van der Waals surface area contributed by atoms with Gasteiger partial charge in [0.2, 0.25) is 5.82 Å². The Balaban J connectivity index is 1.95. The second kappa shape index (κ2) is 4.06. The number of aromatic nitrogens is 5. The monoisotopic (exact) mass is 243 g/mol. The zero-order valence-electron chi connectivity index (χ0n) is 9.11. The van der Waals surface area contributed by atoms with E-state index in [9.17, 15) is 0 Å². The highest BCUT2D eigenvalue weighted by molar-refractivity contribution is 7.07. The molecule has 0 amide bonds. The molecule has 0 aliphatic heterocycles. The van der Waals surface area contributed by atoms with Gasteiger partial charge in [-0.05, 0) is 5.21 Å². The van der Waals surface area contributed by atoms with Gasteiger partial charge >= 0.3 is 0 Å². The molecule has 0 unspecified atom stereocenters. The van der Waals surface area contributed by atoms with Crippen LogP contribution in [0.3, 0.4) is 0 Å². The molecule has 17 heavy (non-hydrogen) atoms. The summed E-state index contributed by atoms with van der Waals surface area (Å²) in [7, 11) is 1.75. The molecule has 0 radical (unpaired) electrons. The van der Waals surface area contributed by atoms with Gasteiger partial charge in [0, 0.05) is 16.5 Å². The van der Waals surface area contributed by atoms with Crippen molar-refractivity contribution in [3.05, 3.63) is 35.2 Å². The quantitative estimate of drug-likeness (QED) is 0.690. The van der Waals surface area contributed by atoms with Gasteiger partial charge in [0.1, 0.15) is 0 Å². The highest BCUT2D eigenvalue weighted by atomic mass is 32.1. The Kier molecular flexibility index (Phi) is 2.41. The average molecular weight is 243 g/mol. The predicted molar refractivity (Wildman–Crippen MR) is 65.3 cm³/mol. The van der Waals surface area contributed by atoms with Gasteiger partial charge in [0.25, 0.3) is 0 Å². The molecule has 6 heteroatoms. The van der Waals surface area contributed by atoms with Crippen molar-refractivity contribution >= 4 is 11.3 Å². The SMILES string of the molecule is Cn1nnc(-c2ccc(-c3cscn3)cc2)n1. The third-order valence-corrected chi connectivity index (χ3v) is 2.97. The summed E-state index contributed by atoms with van der Waals surface area (Å²) < 4.78 is 0. The standard InChI is InChI=1S/C11H9N5S/c1-16-14-11(13-15-16)9-4-2-8(3-5-9)10-6-17-7-12-10/h2-7H,1H3. The molecular weight excluding hydrogens is 234 g/mol. The lowest BCUT2D eigenvalue weighted by Crippen LogP contribution is -1.91. The first-order valence-corrected chi connectivity index (χ1v) is 6.00. The van der Waals surface area contributed by atoms with Gasteiger partial charge in [-0.3, -0.25) is 0 Å². The first-order chi connectivity index (χ1) is 8.33. The summed E-state index contributed by atoms with van der Waals surface area (Å²) in [5, 5.41) is 14.0. The topological polar surface area (TPSA) is 56.5 Å². The minimum absolute atomic E-state index is 0.636. The fourth-order valence-corrected chi connectivity index (χ4v) is 2.11. The number of thiazole rings is 1. The zero-order valence-corrected chi connectivity index (χ0v) is 9.92. The summed E-state index contributed by atoms with van der Waals surface area (Å²) in [6.45, 7) is 0. The summed E-state index contributed by atoms with van der Waals surface area (Å²) in [6, 6.07) is 7.98. The van der Waals surface area contributed by atoms with Gasteiger partial charge in [-0.2, -0.15) is 4.80 Å². The second-order valence-electron chi connectivity index (χ2n) is 3.55. The van der Waals surface area contributed by atoms with Crippen LogP contribution in [0.15, 0.2) is 35.2 Å². The molecule has 0 saturated carbocycles. The summed E-state index contributed by atoms with van der Waals surface area (Å²) in [4.78, 5) is 5.71. The number of hydrogen-bond donors (Lipinski definition) is 0. The number of benzene rings is 1. The van der Waals surface area contributed by atoms with Crippen LogP contribution >= 0.6 is 11.3 Å². The van der Waals surface area contributed by atoms with Crippen molar-refractivity contribution in [3.8, 4) is 22.6 Å². The molecular formula is C11H9N5S. The summed E-state index contributed by atoms with van der Waals surface area (Å²) in [5.41, 5.74) is 4.87. The second-order valence-corrected chi connectivity index (χ2v) is 4.27. The van der Waals surface area contributed by atoms with Gasteiger partial charge in [0.05, 0.1) is 18.3 Å². The molecule has 1 aromatic carbocycles. The first-order valence-electron chi connectivity index (χ1n) is 5.06. The van der Waals surface area contributed by atoms with Crippen LogP contribution in [0, 0.1) is 0 Å². The Bertz CT molecular complexity index is 612. The van der Waals surface area contributed by atoms with E-state index in [2.05, 4.69) is 20.4 Å². The number of rotatable bonds is 2. The van der Waals surface area contributed by atoms with Gasteiger partial charge in [-0.25, -0.2) is 4.98 Å². The number of tetrazole rings is 1. The minimum atomic E-state index is 0.636. The molecule has 0 N–H and O–H groups in total. The van der Waals surface area contributed by atoms with Crippen LogP contribution in [0.25, 0.3) is 22.6 Å². The first kappa shape index (κ1) is 10.1. The van der Waals surface area contributed by atoms with Gasteiger partial charge in [-0.15, -0.1) is 21.5 Å². The van der Waals surface area contributed by atoms with Gasteiger partial charge in [-0.1, -0.05) is 24.3 Å². The fraction of sp³-hybridized carbons (Fsp3) is 0.0909. The van der Waals surface area contributed by atoms with E-state index in [1.54, 1.807) is 18.4 Å². The third kappa shape index (κ3) is 1.94. The van der Waals surface area contributed by atoms with Crippen LogP contribution < -0.4 is 0 Å². The highest BCUT2D eigenvalue weighted by Gasteiger charge is 2.05. The highest BCUT2D eigenvalue weighted by Crippen LogP contribution is 2.22. The van der Waals surface area contributed by atoms with E-state index < -0.39 is 0 Å². The molecule has 2 heterocycles. The normalized spacial score (nSPS) is 10.6. The molecule has 0 saturated heterocycles. The maximum Gasteiger partial charge on any atom is 0.204 e. The number of aryl methyl sites for hydroxylation is 1. The van der Waals surface area contributed by atoms with Crippen LogP contribution in [0.2, 0.25) is 0 Å². The Hall–Kier alpha value is -2.08. The lowest BCUT2D eigenvalue weighted by molar-refractivity contribution is 0.630. The molecule has 2 aromatic heterocycles. The van der Waals surface area contributed by atoms with Crippen LogP contribution in [-0.2, 0) is 7.05 Å². The van der Waals surface area contributed by atoms with Crippen molar-refractivity contribution in [2.45, 2.75) is 0 Å². The van der Waals surface area contributed by atoms with Gasteiger partial charge in [0.15, 0.2) is 0 Å². The molecule has 0 atom stereocenters. The fourth-order valence-electron chi connectivity index (χ4n) is 1.54. The minimum Gasteiger partial charge on any atom is -0.245 e. The van der Waals surface area contributed by atoms with Crippen molar-refractivity contribution in [2.24, 2.45) is 7.05 Å². The zero-order chi connectivity index (χ0) is 11.7. The van der Waals surface area contributed by atoms with Crippen LogP contribution in [0.4, 0.5) is 0 Å². The van der Waals surface area contributed by atoms with Crippen molar-refractivity contribution in [3.63, 3.8) is 0 Å². The molecule has 3 aromatic rings. The van der Waals surface area contributed by atoms with E-state index in [0.29, 0.717) is 5.82 Å². The predicted octanol–water partition coefficient (Wildman–Crippen LogP) is 2.00. The maximum atomic E-state index is 4.26. The summed E-state index contributed by atoms with van der Waals surface area (Å²) >= 11 is 1.59. The number of nitrogens with zero attached hydrogens (tertiary/aromatic N) is 5. The third-order valence-electron chi connectivity index (χ3n) is 2.38. The molecule has 3 rings (SSSR count). The van der Waals surface area contributed by atoms with Crippen LogP contribution in [-0.4, -0.2) is 25.2 Å². The Labute approximate surface area is 102 Å². The molecule has 0 spiro atoms. The largest absolute Gasteiger partial charge is 0.245 e. The maximum absolute atomic E-state index is 4.26. The van der Waals surface area contributed by atoms with Crippen LogP contribution in [0.1, 0.15) is 0 Å².